The summed E-state index contributed by atoms with van der Waals surface area (Å²) in [4.78, 5) is 25.2. The lowest BCUT2D eigenvalue weighted by Gasteiger charge is -2.30. The van der Waals surface area contributed by atoms with Gasteiger partial charge in [0.05, 0.1) is 17.1 Å². The van der Waals surface area contributed by atoms with E-state index in [9.17, 15) is 4.79 Å². The zero-order valence-electron chi connectivity index (χ0n) is 22.6. The number of aryl methyl sites for hydroxylation is 1. The zero-order valence-corrected chi connectivity index (χ0v) is 23.4. The molecule has 10 heteroatoms. The molecule has 2 aromatic carbocycles. The van der Waals surface area contributed by atoms with Crippen LogP contribution in [-0.2, 0) is 12.8 Å². The first kappa shape index (κ1) is 26.9. The molecule has 2 aliphatic rings. The van der Waals surface area contributed by atoms with Gasteiger partial charge in [0.25, 0.3) is 0 Å². The third kappa shape index (κ3) is 7.47. The Morgan fingerprint density at radius 1 is 0.872 bits per heavy atom. The summed E-state index contributed by atoms with van der Waals surface area (Å²) < 4.78 is 2.89. The van der Waals surface area contributed by atoms with Gasteiger partial charge in [-0.05, 0) is 99.7 Å². The van der Waals surface area contributed by atoms with Crippen LogP contribution in [0.2, 0.25) is 0 Å². The molecule has 1 fully saturated rings. The van der Waals surface area contributed by atoms with Gasteiger partial charge < -0.3 is 15.5 Å². The van der Waals surface area contributed by atoms with Gasteiger partial charge in [-0.1, -0.05) is 18.2 Å². The maximum Gasteiger partial charge on any atom is 0.325 e. The quantitative estimate of drug-likeness (QED) is 0.219. The van der Waals surface area contributed by atoms with Gasteiger partial charge in [0.2, 0.25) is 5.95 Å². The Kier molecular flexibility index (Phi) is 8.93. The molecule has 0 unspecified atom stereocenters. The Morgan fingerprint density at radius 2 is 1.54 bits per heavy atom. The van der Waals surface area contributed by atoms with Crippen molar-refractivity contribution in [3.05, 3.63) is 65.9 Å². The second-order valence-corrected chi connectivity index (χ2v) is 11.2. The van der Waals surface area contributed by atoms with Crippen molar-refractivity contribution < 1.29 is 4.79 Å². The van der Waals surface area contributed by atoms with Crippen molar-refractivity contribution in [2.24, 2.45) is 10.2 Å². The zero-order chi connectivity index (χ0) is 27.0. The minimum Gasteiger partial charge on any atom is -0.362 e. The van der Waals surface area contributed by atoms with Gasteiger partial charge in [-0.2, -0.15) is 15.2 Å². The first-order valence-electron chi connectivity index (χ1n) is 13.7. The number of amides is 2. The first-order valence-corrected chi connectivity index (χ1v) is 14.5. The lowest BCUT2D eigenvalue weighted by Crippen LogP contribution is -2.43. The van der Waals surface area contributed by atoms with Crippen molar-refractivity contribution in [1.29, 1.82) is 0 Å². The molecule has 0 spiro atoms. The molecule has 3 aromatic rings. The van der Waals surface area contributed by atoms with E-state index in [0.717, 1.165) is 66.6 Å². The van der Waals surface area contributed by atoms with Crippen LogP contribution < -0.4 is 20.3 Å². The first-order chi connectivity index (χ1) is 19.0. The molecule has 1 aromatic heterocycles. The Labute approximate surface area is 234 Å². The van der Waals surface area contributed by atoms with Crippen LogP contribution in [-0.4, -0.2) is 42.2 Å². The molecule has 2 amide bonds. The monoisotopic (exact) mass is 544 g/mol. The smallest absolute Gasteiger partial charge is 0.325 e. The predicted molar refractivity (Wildman–Crippen MR) is 157 cm³/mol. The fourth-order valence-corrected chi connectivity index (χ4v) is 5.63. The van der Waals surface area contributed by atoms with Crippen molar-refractivity contribution in [3.63, 3.8) is 0 Å². The molecular weight excluding hydrogens is 508 g/mol. The van der Waals surface area contributed by atoms with E-state index in [1.807, 2.05) is 54.6 Å². The number of aromatic nitrogens is 2. The van der Waals surface area contributed by atoms with Crippen LogP contribution in [0.3, 0.4) is 0 Å². The topological polar surface area (TPSA) is 107 Å². The summed E-state index contributed by atoms with van der Waals surface area (Å²) in [5.74, 6) is 1.77. The van der Waals surface area contributed by atoms with E-state index >= 15 is 0 Å². The minimum absolute atomic E-state index is 0.159. The van der Waals surface area contributed by atoms with Crippen molar-refractivity contribution in [2.75, 3.05) is 24.3 Å². The Hall–Kier alpha value is -3.66. The van der Waals surface area contributed by atoms with E-state index in [1.54, 1.807) is 0 Å². The lowest BCUT2D eigenvalue weighted by atomic mass is 9.91. The number of azo groups is 1. The van der Waals surface area contributed by atoms with E-state index in [0.29, 0.717) is 6.04 Å². The molecule has 0 atom stereocenters. The second-order valence-electron chi connectivity index (χ2n) is 10.3. The maximum absolute atomic E-state index is 12.5. The van der Waals surface area contributed by atoms with Gasteiger partial charge in [0, 0.05) is 36.6 Å². The number of nitrogens with one attached hydrogen (secondary N) is 3. The number of carbonyl (C=O) groups excluding carboxylic acids is 1. The van der Waals surface area contributed by atoms with Crippen LogP contribution in [0, 0.1) is 0 Å². The molecule has 2 aliphatic carbocycles. The standard InChI is InChI=1S/C29H36N8OS/c1-37(2)27-25-10-6-7-11-26(25)32-28(33-27)30-20-12-14-21(15-13-20)31-29(38)36-39-24-18-16-23(17-19-24)35-34-22-8-4-3-5-9-22/h3-5,8-9,16-21H,6-7,10-15H2,1-2H3,(H,30,32,33)(H2,31,36,38)/b35-34+/t20-,21+. The van der Waals surface area contributed by atoms with Crippen LogP contribution in [0.4, 0.5) is 27.9 Å². The largest absolute Gasteiger partial charge is 0.362 e. The highest BCUT2D eigenvalue weighted by Gasteiger charge is 2.25. The van der Waals surface area contributed by atoms with E-state index in [2.05, 4.69) is 44.6 Å². The van der Waals surface area contributed by atoms with Gasteiger partial charge in [-0.25, -0.2) is 9.78 Å². The molecule has 3 N–H and O–H groups in total. The molecule has 1 heterocycles. The van der Waals surface area contributed by atoms with Crippen molar-refractivity contribution in [2.45, 2.75) is 68.3 Å². The Morgan fingerprint density at radius 3 is 2.26 bits per heavy atom. The fraction of sp³-hybridized carbons (Fsp3) is 0.414. The van der Waals surface area contributed by atoms with Crippen LogP contribution in [0.25, 0.3) is 0 Å². The van der Waals surface area contributed by atoms with E-state index in [4.69, 9.17) is 9.97 Å². The molecule has 1 saturated carbocycles. The van der Waals surface area contributed by atoms with Crippen LogP contribution in [0.5, 0.6) is 0 Å². The Balaban J connectivity index is 1.05. The van der Waals surface area contributed by atoms with Gasteiger partial charge in [-0.15, -0.1) is 0 Å². The summed E-state index contributed by atoms with van der Waals surface area (Å²) in [6, 6.07) is 17.5. The minimum atomic E-state index is -0.169. The molecule has 204 valence electrons. The normalized spacial score (nSPS) is 18.8. The van der Waals surface area contributed by atoms with Gasteiger partial charge in [0.15, 0.2) is 0 Å². The molecule has 9 nitrogen and oxygen atoms in total. The van der Waals surface area contributed by atoms with E-state index in [-0.39, 0.29) is 12.1 Å². The summed E-state index contributed by atoms with van der Waals surface area (Å²) >= 11 is 1.29. The molecular formula is C29H36N8OS. The number of rotatable bonds is 8. The van der Waals surface area contributed by atoms with Gasteiger partial charge in [-0.3, -0.25) is 4.72 Å². The third-order valence-corrected chi connectivity index (χ3v) is 7.91. The van der Waals surface area contributed by atoms with E-state index < -0.39 is 0 Å². The number of carbonyl (C=O) groups is 1. The van der Waals surface area contributed by atoms with Crippen LogP contribution >= 0.6 is 11.9 Å². The lowest BCUT2D eigenvalue weighted by molar-refractivity contribution is 0.237. The number of hydrogen-bond acceptors (Lipinski definition) is 8. The van der Waals surface area contributed by atoms with Crippen molar-refractivity contribution >= 4 is 41.1 Å². The fourth-order valence-electron chi connectivity index (χ4n) is 5.08. The van der Waals surface area contributed by atoms with Crippen molar-refractivity contribution in [1.82, 2.24) is 20.0 Å². The highest BCUT2D eigenvalue weighted by atomic mass is 32.2. The molecule has 39 heavy (non-hydrogen) atoms. The number of anilines is 2. The molecule has 0 bridgehead atoms. The molecule has 0 saturated heterocycles. The van der Waals surface area contributed by atoms with Crippen LogP contribution in [0.1, 0.15) is 49.8 Å². The number of hydrogen-bond donors (Lipinski definition) is 3. The van der Waals surface area contributed by atoms with E-state index in [1.165, 1.54) is 36.0 Å². The average molecular weight is 545 g/mol. The molecule has 5 rings (SSSR count). The highest BCUT2D eigenvalue weighted by molar-refractivity contribution is 7.98. The third-order valence-electron chi connectivity index (χ3n) is 7.12. The van der Waals surface area contributed by atoms with Crippen molar-refractivity contribution in [3.8, 4) is 0 Å². The summed E-state index contributed by atoms with van der Waals surface area (Å²) in [6.07, 6.45) is 8.27. The Bertz CT molecular complexity index is 1270. The second kappa shape index (κ2) is 12.9. The summed E-state index contributed by atoms with van der Waals surface area (Å²) in [7, 11) is 4.10. The SMILES string of the molecule is CN(C)c1nc(N[C@H]2CC[C@@H](NC(=O)NSc3ccc(/N=N/c4ccccc4)cc3)CC2)nc2c1CCCC2. The van der Waals surface area contributed by atoms with Crippen LogP contribution in [0.15, 0.2) is 69.7 Å². The number of nitrogens with zero attached hydrogens (tertiary/aromatic N) is 5. The summed E-state index contributed by atoms with van der Waals surface area (Å²) in [5.41, 5.74) is 4.07. The summed E-state index contributed by atoms with van der Waals surface area (Å²) in [5, 5.41) is 15.2. The highest BCUT2D eigenvalue weighted by Crippen LogP contribution is 2.29. The average Bonchev–Trinajstić information content (AvgIpc) is 2.96. The molecule has 0 aliphatic heterocycles. The summed E-state index contributed by atoms with van der Waals surface area (Å²) in [6.45, 7) is 0. The van der Waals surface area contributed by atoms with Gasteiger partial charge >= 0.3 is 6.03 Å². The number of benzene rings is 2. The maximum atomic E-state index is 12.5. The van der Waals surface area contributed by atoms with Gasteiger partial charge in [0.1, 0.15) is 5.82 Å². The molecule has 0 radical (unpaired) electrons. The predicted octanol–water partition coefficient (Wildman–Crippen LogP) is 6.57. The number of fused-ring (bicyclic) bond motifs is 1. The number of urea groups is 1.